The molecule has 0 aromatic heterocycles. The van der Waals surface area contributed by atoms with Crippen LogP contribution in [0.1, 0.15) is 5.56 Å². The minimum atomic E-state index is 0. The topological polar surface area (TPSA) is 38.8 Å². The molecule has 1 fully saturated rings. The molecule has 4 nitrogen and oxygen atoms in total. The van der Waals surface area contributed by atoms with E-state index in [1.54, 1.807) is 0 Å². The lowest BCUT2D eigenvalue weighted by atomic mass is 10.1. The highest BCUT2D eigenvalue weighted by Crippen LogP contribution is 2.21. The zero-order chi connectivity index (χ0) is 15.9. The summed E-state index contributed by atoms with van der Waals surface area (Å²) in [6.45, 7) is 3.63. The van der Waals surface area contributed by atoms with Crippen molar-refractivity contribution >= 4 is 18.2 Å². The van der Waals surface area contributed by atoms with Gasteiger partial charge in [-0.3, -0.25) is 9.69 Å². The summed E-state index contributed by atoms with van der Waals surface area (Å²) in [4.78, 5) is 14.3. The molecule has 1 saturated heterocycles. The molecule has 2 aromatic rings. The Kier molecular flexibility index (Phi) is 7.25. The third-order valence-corrected chi connectivity index (χ3v) is 3.81. The van der Waals surface area contributed by atoms with Gasteiger partial charge in [0.15, 0.2) is 5.78 Å². The van der Waals surface area contributed by atoms with Crippen LogP contribution in [-0.4, -0.2) is 43.5 Å². The Hall–Kier alpha value is -1.88. The molecular weight excluding hydrogens is 326 g/mol. The van der Waals surface area contributed by atoms with Crippen LogP contribution in [0.3, 0.4) is 0 Å². The third-order valence-electron chi connectivity index (χ3n) is 3.81. The van der Waals surface area contributed by atoms with Gasteiger partial charge in [-0.15, -0.1) is 12.4 Å². The Labute approximate surface area is 148 Å². The smallest absolute Gasteiger partial charge is 0.151 e. The number of carbonyl (C=O) groups excluding carboxylic acids is 1. The standard InChI is InChI=1S/C19H21NO3.ClH/c21-17(15-20-10-12-22-13-11-20)14-16-6-8-19(9-7-16)23-18-4-2-1-3-5-18;/h1-9H,10-15H2;1H. The number of halogens is 1. The number of carbonyl (C=O) groups is 1. The van der Waals surface area contributed by atoms with Gasteiger partial charge in [0.25, 0.3) is 0 Å². The maximum absolute atomic E-state index is 12.1. The van der Waals surface area contributed by atoms with Crippen molar-refractivity contribution < 1.29 is 14.3 Å². The molecule has 0 atom stereocenters. The first-order chi connectivity index (χ1) is 11.3. The maximum Gasteiger partial charge on any atom is 0.151 e. The number of para-hydroxylation sites is 1. The minimum Gasteiger partial charge on any atom is -0.457 e. The quantitative estimate of drug-likeness (QED) is 0.803. The van der Waals surface area contributed by atoms with Gasteiger partial charge < -0.3 is 9.47 Å². The van der Waals surface area contributed by atoms with Gasteiger partial charge in [-0.05, 0) is 29.8 Å². The van der Waals surface area contributed by atoms with Crippen LogP contribution in [0.25, 0.3) is 0 Å². The number of Topliss-reactive ketones (excluding diaryl/α,β-unsaturated/α-hetero) is 1. The van der Waals surface area contributed by atoms with Crippen LogP contribution in [0.15, 0.2) is 54.6 Å². The summed E-state index contributed by atoms with van der Waals surface area (Å²) in [7, 11) is 0. The molecule has 3 rings (SSSR count). The Bertz CT molecular complexity index is 625. The first-order valence-corrected chi connectivity index (χ1v) is 7.93. The molecule has 5 heteroatoms. The van der Waals surface area contributed by atoms with Crippen molar-refractivity contribution in [3.63, 3.8) is 0 Å². The number of nitrogens with zero attached hydrogens (tertiary/aromatic N) is 1. The molecule has 0 saturated carbocycles. The van der Waals surface area contributed by atoms with Crippen molar-refractivity contribution in [1.82, 2.24) is 4.90 Å². The van der Waals surface area contributed by atoms with E-state index >= 15 is 0 Å². The molecule has 0 unspecified atom stereocenters. The molecule has 1 aliphatic heterocycles. The summed E-state index contributed by atoms with van der Waals surface area (Å²) in [6.07, 6.45) is 0.461. The van der Waals surface area contributed by atoms with Crippen LogP contribution in [0.4, 0.5) is 0 Å². The van der Waals surface area contributed by atoms with Crippen molar-refractivity contribution in [2.75, 3.05) is 32.8 Å². The third kappa shape index (κ3) is 5.64. The summed E-state index contributed by atoms with van der Waals surface area (Å²) in [5.41, 5.74) is 1.02. The van der Waals surface area contributed by atoms with Crippen LogP contribution in [-0.2, 0) is 16.0 Å². The Balaban J connectivity index is 0.00000208. The van der Waals surface area contributed by atoms with Gasteiger partial charge in [-0.2, -0.15) is 0 Å². The average Bonchev–Trinajstić information content (AvgIpc) is 2.58. The van der Waals surface area contributed by atoms with Gasteiger partial charge in [0.1, 0.15) is 11.5 Å². The van der Waals surface area contributed by atoms with E-state index in [-0.39, 0.29) is 18.2 Å². The highest BCUT2D eigenvalue weighted by Gasteiger charge is 2.14. The van der Waals surface area contributed by atoms with Gasteiger partial charge in [0, 0.05) is 19.5 Å². The summed E-state index contributed by atoms with van der Waals surface area (Å²) in [5.74, 6) is 1.83. The molecule has 1 aliphatic rings. The van der Waals surface area contributed by atoms with E-state index in [0.717, 1.165) is 43.4 Å². The van der Waals surface area contributed by atoms with Gasteiger partial charge in [-0.1, -0.05) is 30.3 Å². The van der Waals surface area contributed by atoms with Gasteiger partial charge in [0.2, 0.25) is 0 Å². The van der Waals surface area contributed by atoms with Crippen LogP contribution in [0.2, 0.25) is 0 Å². The normalized spacial score (nSPS) is 14.7. The number of hydrogen-bond donors (Lipinski definition) is 0. The van der Waals surface area contributed by atoms with E-state index < -0.39 is 0 Å². The van der Waals surface area contributed by atoms with Crippen molar-refractivity contribution in [1.29, 1.82) is 0 Å². The average molecular weight is 348 g/mol. The number of ether oxygens (including phenoxy) is 2. The highest BCUT2D eigenvalue weighted by atomic mass is 35.5. The van der Waals surface area contributed by atoms with Gasteiger partial charge in [0.05, 0.1) is 19.8 Å². The van der Waals surface area contributed by atoms with E-state index in [0.29, 0.717) is 13.0 Å². The SMILES string of the molecule is Cl.O=C(Cc1ccc(Oc2ccccc2)cc1)CN1CCOCC1. The number of morpholine rings is 1. The van der Waals surface area contributed by atoms with Crippen LogP contribution >= 0.6 is 12.4 Å². The lowest BCUT2D eigenvalue weighted by Gasteiger charge is -2.25. The van der Waals surface area contributed by atoms with Gasteiger partial charge in [-0.25, -0.2) is 0 Å². The number of hydrogen-bond acceptors (Lipinski definition) is 4. The molecule has 1 heterocycles. The summed E-state index contributed by atoms with van der Waals surface area (Å²) < 4.78 is 11.0. The minimum absolute atomic E-state index is 0. The Morgan fingerprint density at radius 2 is 1.58 bits per heavy atom. The summed E-state index contributed by atoms with van der Waals surface area (Å²) >= 11 is 0. The molecule has 0 radical (unpaired) electrons. The highest BCUT2D eigenvalue weighted by molar-refractivity contribution is 5.85. The summed E-state index contributed by atoms with van der Waals surface area (Å²) in [5, 5.41) is 0. The Morgan fingerprint density at radius 3 is 2.25 bits per heavy atom. The molecule has 0 N–H and O–H groups in total. The van der Waals surface area contributed by atoms with Crippen molar-refractivity contribution in [2.24, 2.45) is 0 Å². The fourth-order valence-corrected chi connectivity index (χ4v) is 2.59. The lowest BCUT2D eigenvalue weighted by Crippen LogP contribution is -2.39. The summed E-state index contributed by atoms with van der Waals surface area (Å²) in [6, 6.07) is 17.4. The predicted molar refractivity (Wildman–Crippen MR) is 96.2 cm³/mol. The van der Waals surface area contributed by atoms with Crippen LogP contribution in [0, 0.1) is 0 Å². The fourth-order valence-electron chi connectivity index (χ4n) is 2.59. The van der Waals surface area contributed by atoms with Crippen molar-refractivity contribution in [3.8, 4) is 11.5 Å². The maximum atomic E-state index is 12.1. The van der Waals surface area contributed by atoms with E-state index in [1.807, 2.05) is 54.6 Å². The van der Waals surface area contributed by atoms with Crippen molar-refractivity contribution in [2.45, 2.75) is 6.42 Å². The monoisotopic (exact) mass is 347 g/mol. The first-order valence-electron chi connectivity index (χ1n) is 7.93. The molecular formula is C19H22ClNO3. The predicted octanol–water partition coefficient (Wildman–Crippen LogP) is 3.34. The van der Waals surface area contributed by atoms with E-state index in [1.165, 1.54) is 0 Å². The largest absolute Gasteiger partial charge is 0.457 e. The lowest BCUT2D eigenvalue weighted by molar-refractivity contribution is -0.120. The molecule has 24 heavy (non-hydrogen) atoms. The second-order valence-corrected chi connectivity index (χ2v) is 5.66. The number of ketones is 1. The number of rotatable bonds is 6. The first kappa shape index (κ1) is 18.5. The molecule has 0 bridgehead atoms. The van der Waals surface area contributed by atoms with Crippen LogP contribution in [0.5, 0.6) is 11.5 Å². The molecule has 128 valence electrons. The van der Waals surface area contributed by atoms with Crippen LogP contribution < -0.4 is 4.74 Å². The Morgan fingerprint density at radius 1 is 0.958 bits per heavy atom. The number of benzene rings is 2. The van der Waals surface area contributed by atoms with E-state index in [4.69, 9.17) is 9.47 Å². The fraction of sp³-hybridized carbons (Fsp3) is 0.316. The van der Waals surface area contributed by atoms with Gasteiger partial charge >= 0.3 is 0 Å². The second kappa shape index (κ2) is 9.42. The second-order valence-electron chi connectivity index (χ2n) is 5.66. The molecule has 0 aliphatic carbocycles. The van der Waals surface area contributed by atoms with E-state index in [2.05, 4.69) is 4.90 Å². The molecule has 0 amide bonds. The molecule has 2 aromatic carbocycles. The van der Waals surface area contributed by atoms with E-state index in [9.17, 15) is 4.79 Å². The zero-order valence-corrected chi connectivity index (χ0v) is 14.3. The van der Waals surface area contributed by atoms with Crippen molar-refractivity contribution in [3.05, 3.63) is 60.2 Å². The molecule has 0 spiro atoms. The zero-order valence-electron chi connectivity index (χ0n) is 13.5.